The van der Waals surface area contributed by atoms with E-state index in [4.69, 9.17) is 11.6 Å². The number of hydrogen-bond donors (Lipinski definition) is 2. The van der Waals surface area contributed by atoms with E-state index in [1.54, 1.807) is 6.07 Å². The molecule has 0 aliphatic carbocycles. The average Bonchev–Trinajstić information content (AvgIpc) is 2.81. The molecule has 0 radical (unpaired) electrons. The number of halogens is 1. The van der Waals surface area contributed by atoms with Gasteiger partial charge in [0.2, 0.25) is 5.91 Å². The van der Waals surface area contributed by atoms with Crippen LogP contribution in [0.3, 0.4) is 0 Å². The molecule has 0 saturated carbocycles. The minimum atomic E-state index is -0.803. The molecule has 1 rings (SSSR count). The Labute approximate surface area is 117 Å². The molecule has 1 unspecified atom stereocenters. The highest BCUT2D eigenvalue weighted by atomic mass is 35.5. The second-order valence-electron chi connectivity index (χ2n) is 4.51. The zero-order chi connectivity index (χ0) is 13.8. The minimum Gasteiger partial charge on any atom is -0.388 e. The van der Waals surface area contributed by atoms with Crippen LogP contribution in [0.15, 0.2) is 12.1 Å². The maximum absolute atomic E-state index is 12.0. The van der Waals surface area contributed by atoms with Gasteiger partial charge in [-0.1, -0.05) is 25.4 Å². The highest BCUT2D eigenvalue weighted by Gasteiger charge is 2.24. The molecule has 1 atom stereocenters. The largest absolute Gasteiger partial charge is 0.388 e. The van der Waals surface area contributed by atoms with Crippen molar-refractivity contribution in [1.29, 1.82) is 0 Å². The lowest BCUT2D eigenvalue weighted by Crippen LogP contribution is -2.43. The summed E-state index contributed by atoms with van der Waals surface area (Å²) in [5, 5.41) is 12.9. The van der Waals surface area contributed by atoms with Gasteiger partial charge in [0.1, 0.15) is 0 Å². The van der Waals surface area contributed by atoms with Crippen LogP contribution in [-0.4, -0.2) is 23.2 Å². The smallest absolute Gasteiger partial charge is 0.228 e. The van der Waals surface area contributed by atoms with Crippen LogP contribution in [0.25, 0.3) is 0 Å². The lowest BCUT2D eigenvalue weighted by Gasteiger charge is -2.26. The molecule has 3 nitrogen and oxygen atoms in total. The van der Waals surface area contributed by atoms with E-state index in [2.05, 4.69) is 5.32 Å². The molecule has 0 aliphatic rings. The summed E-state index contributed by atoms with van der Waals surface area (Å²) in [5.74, 6) is -0.311. The molecule has 2 N–H and O–H groups in total. The van der Waals surface area contributed by atoms with Gasteiger partial charge < -0.3 is 10.4 Å². The summed E-state index contributed by atoms with van der Waals surface area (Å²) in [4.78, 5) is 12.9. The van der Waals surface area contributed by atoms with Gasteiger partial charge in [0.05, 0.1) is 15.9 Å². The third-order valence-corrected chi connectivity index (χ3v) is 4.74. The third-order valence-electron chi connectivity index (χ3n) is 3.32. The predicted octanol–water partition coefficient (Wildman–Crippen LogP) is 3.17. The molecule has 1 aromatic heterocycles. The summed E-state index contributed by atoms with van der Waals surface area (Å²) >= 11 is 7.26. The van der Waals surface area contributed by atoms with Gasteiger partial charge in [-0.3, -0.25) is 4.79 Å². The summed E-state index contributed by atoms with van der Waals surface area (Å²) in [6.07, 6.45) is 1.26. The Hall–Kier alpha value is -0.580. The molecule has 1 aromatic rings. The van der Waals surface area contributed by atoms with Crippen LogP contribution in [0.1, 0.15) is 44.4 Å². The summed E-state index contributed by atoms with van der Waals surface area (Å²) in [7, 11) is 0. The number of thiophene rings is 1. The Bertz CT molecular complexity index is 401. The Kier molecular flexibility index (Phi) is 5.63. The zero-order valence-corrected chi connectivity index (χ0v) is 12.6. The van der Waals surface area contributed by atoms with Crippen LogP contribution < -0.4 is 5.32 Å². The van der Waals surface area contributed by atoms with Crippen LogP contribution in [0.2, 0.25) is 4.34 Å². The Morgan fingerprint density at radius 1 is 1.50 bits per heavy atom. The second-order valence-corrected chi connectivity index (χ2v) is 6.26. The SMILES string of the molecule is CCC(O)(CC)CNC(=O)C(C)c1ccc(Cl)s1. The maximum Gasteiger partial charge on any atom is 0.228 e. The summed E-state index contributed by atoms with van der Waals surface area (Å²) < 4.78 is 0.684. The van der Waals surface area contributed by atoms with E-state index in [9.17, 15) is 9.90 Å². The number of hydrogen-bond acceptors (Lipinski definition) is 3. The second kappa shape index (κ2) is 6.55. The topological polar surface area (TPSA) is 49.3 Å². The van der Waals surface area contributed by atoms with Crippen molar-refractivity contribution in [3.63, 3.8) is 0 Å². The molecular formula is C13H20ClNO2S. The Morgan fingerprint density at radius 3 is 2.56 bits per heavy atom. The van der Waals surface area contributed by atoms with E-state index in [1.165, 1.54) is 11.3 Å². The molecule has 1 amide bonds. The Morgan fingerprint density at radius 2 is 2.11 bits per heavy atom. The summed E-state index contributed by atoms with van der Waals surface area (Å²) in [5.41, 5.74) is -0.803. The van der Waals surface area contributed by atoms with E-state index in [1.807, 2.05) is 26.8 Å². The lowest BCUT2D eigenvalue weighted by atomic mass is 9.97. The van der Waals surface area contributed by atoms with Crippen LogP contribution in [0.4, 0.5) is 0 Å². The maximum atomic E-state index is 12.0. The fourth-order valence-corrected chi connectivity index (χ4v) is 2.71. The first-order valence-electron chi connectivity index (χ1n) is 6.17. The highest BCUT2D eigenvalue weighted by molar-refractivity contribution is 7.16. The van der Waals surface area contributed by atoms with Crippen molar-refractivity contribution in [2.45, 2.75) is 45.1 Å². The van der Waals surface area contributed by atoms with Gasteiger partial charge in [-0.05, 0) is 31.9 Å². The van der Waals surface area contributed by atoms with Gasteiger partial charge in [-0.2, -0.15) is 0 Å². The van der Waals surface area contributed by atoms with E-state index >= 15 is 0 Å². The first-order chi connectivity index (χ1) is 8.41. The van der Waals surface area contributed by atoms with Crippen molar-refractivity contribution in [3.8, 4) is 0 Å². The van der Waals surface area contributed by atoms with Crippen molar-refractivity contribution in [1.82, 2.24) is 5.32 Å². The van der Waals surface area contributed by atoms with E-state index < -0.39 is 5.60 Å². The predicted molar refractivity (Wildman–Crippen MR) is 76.3 cm³/mol. The van der Waals surface area contributed by atoms with Gasteiger partial charge in [-0.25, -0.2) is 0 Å². The van der Waals surface area contributed by atoms with Crippen molar-refractivity contribution >= 4 is 28.8 Å². The Balaban J connectivity index is 2.56. The molecule has 1 heterocycles. The van der Waals surface area contributed by atoms with Gasteiger partial charge in [0.15, 0.2) is 0 Å². The number of aliphatic hydroxyl groups is 1. The molecule has 0 aromatic carbocycles. The van der Waals surface area contributed by atoms with Crippen LogP contribution >= 0.6 is 22.9 Å². The number of amides is 1. The third kappa shape index (κ3) is 3.97. The van der Waals surface area contributed by atoms with Crippen molar-refractivity contribution in [3.05, 3.63) is 21.3 Å². The van der Waals surface area contributed by atoms with Gasteiger partial charge >= 0.3 is 0 Å². The first kappa shape index (κ1) is 15.5. The molecule has 0 fully saturated rings. The quantitative estimate of drug-likeness (QED) is 0.845. The molecule has 0 aliphatic heterocycles. The van der Waals surface area contributed by atoms with Crippen LogP contribution in [0.5, 0.6) is 0 Å². The van der Waals surface area contributed by atoms with Crippen molar-refractivity contribution in [2.75, 3.05) is 6.54 Å². The standard InChI is InChI=1S/C13H20ClNO2S/c1-4-13(17,5-2)8-15-12(16)9(3)10-6-7-11(14)18-10/h6-7,9,17H,4-5,8H2,1-3H3,(H,15,16). The van der Waals surface area contributed by atoms with E-state index in [0.717, 1.165) is 4.88 Å². The first-order valence-corrected chi connectivity index (χ1v) is 7.36. The normalized spacial score (nSPS) is 13.4. The van der Waals surface area contributed by atoms with Crippen molar-refractivity contribution in [2.24, 2.45) is 0 Å². The molecule has 0 spiro atoms. The van der Waals surface area contributed by atoms with Crippen molar-refractivity contribution < 1.29 is 9.90 Å². The van der Waals surface area contributed by atoms with E-state index in [0.29, 0.717) is 23.7 Å². The number of rotatable bonds is 6. The van der Waals surface area contributed by atoms with Crippen LogP contribution in [-0.2, 0) is 4.79 Å². The fraction of sp³-hybridized carbons (Fsp3) is 0.615. The lowest BCUT2D eigenvalue weighted by molar-refractivity contribution is -0.123. The number of carbonyl (C=O) groups is 1. The van der Waals surface area contributed by atoms with Gasteiger partial charge in [-0.15, -0.1) is 11.3 Å². The summed E-state index contributed by atoms with van der Waals surface area (Å²) in [6.45, 7) is 5.97. The van der Waals surface area contributed by atoms with E-state index in [-0.39, 0.29) is 11.8 Å². The molecule has 5 heteroatoms. The molecule has 18 heavy (non-hydrogen) atoms. The molecule has 0 bridgehead atoms. The van der Waals surface area contributed by atoms with Gasteiger partial charge in [0.25, 0.3) is 0 Å². The number of carbonyl (C=O) groups excluding carboxylic acids is 1. The zero-order valence-electron chi connectivity index (χ0n) is 11.0. The highest BCUT2D eigenvalue weighted by Crippen LogP contribution is 2.28. The number of nitrogens with one attached hydrogen (secondary N) is 1. The molecular weight excluding hydrogens is 270 g/mol. The molecule has 0 saturated heterocycles. The summed E-state index contributed by atoms with van der Waals surface area (Å²) in [6, 6.07) is 3.66. The van der Waals surface area contributed by atoms with Crippen LogP contribution in [0, 0.1) is 0 Å². The molecule has 102 valence electrons. The average molecular weight is 290 g/mol. The monoisotopic (exact) mass is 289 g/mol. The fourth-order valence-electron chi connectivity index (χ4n) is 1.59. The van der Waals surface area contributed by atoms with Gasteiger partial charge in [0, 0.05) is 11.4 Å². The minimum absolute atomic E-state index is 0.0751.